The molecule has 2 nitrogen and oxygen atoms in total. The Hall–Kier alpha value is -6.73. The summed E-state index contributed by atoms with van der Waals surface area (Å²) < 4.78 is -0.0813. The van der Waals surface area contributed by atoms with Crippen molar-refractivity contribution >= 4 is 61.0 Å². The summed E-state index contributed by atoms with van der Waals surface area (Å²) in [7, 11) is -4.12. The molecule has 0 aromatic heterocycles. The van der Waals surface area contributed by atoms with Crippen LogP contribution in [0.15, 0.2) is 218 Å². The molecule has 0 amide bonds. The van der Waals surface area contributed by atoms with Crippen molar-refractivity contribution in [2.45, 2.75) is 43.9 Å². The Labute approximate surface area is 375 Å². The zero-order chi connectivity index (χ0) is 43.3. The normalized spacial score (nSPS) is 13.0. The van der Waals surface area contributed by atoms with E-state index in [0.717, 1.165) is 22.7 Å². The maximum Gasteiger partial charge on any atom is 0.0579 e. The predicted molar refractivity (Wildman–Crippen MR) is 277 cm³/mol. The Bertz CT molecular complexity index is 3060. The van der Waals surface area contributed by atoms with Crippen LogP contribution in [0.5, 0.6) is 0 Å². The number of anilines is 6. The summed E-state index contributed by atoms with van der Waals surface area (Å²) in [6, 6.07) is 80.6. The molecular weight excluding hydrogens is 793 g/mol. The van der Waals surface area contributed by atoms with Crippen LogP contribution in [0.1, 0.15) is 11.1 Å². The first kappa shape index (κ1) is 40.4. The number of nitrogens with zero attached hydrogens (tertiary/aromatic N) is 2. The van der Waals surface area contributed by atoms with E-state index in [-0.39, 0.29) is 4.66 Å². The minimum atomic E-state index is -2.06. The highest BCUT2D eigenvalue weighted by molar-refractivity contribution is 7.00. The Morgan fingerprint density at radius 1 is 0.333 bits per heavy atom. The molecule has 9 aromatic rings. The molecule has 1 aliphatic carbocycles. The van der Waals surface area contributed by atoms with Crippen LogP contribution in [0.2, 0.25) is 39.3 Å². The number of fused-ring (bicyclic) bond motifs is 5. The molecule has 0 spiro atoms. The molecule has 0 aliphatic heterocycles. The molecule has 4 heteroatoms. The molecule has 0 heterocycles. The Balaban J connectivity index is 1.19. The van der Waals surface area contributed by atoms with Crippen molar-refractivity contribution in [2.24, 2.45) is 0 Å². The van der Waals surface area contributed by atoms with Crippen LogP contribution in [0.3, 0.4) is 0 Å². The molecule has 9 aromatic carbocycles. The molecule has 308 valence electrons. The summed E-state index contributed by atoms with van der Waals surface area (Å²) in [5, 5.41) is 2.65. The van der Waals surface area contributed by atoms with Gasteiger partial charge in [-0.2, -0.15) is 0 Å². The zero-order valence-electron chi connectivity index (χ0n) is 37.2. The minimum Gasteiger partial charge on any atom is -0.310 e. The fraction of sp³-hybridized carbons (Fsp3) is 0.119. The van der Waals surface area contributed by atoms with Crippen LogP contribution in [-0.4, -0.2) is 16.1 Å². The molecule has 0 saturated heterocycles. The van der Waals surface area contributed by atoms with Crippen LogP contribution in [0, 0.1) is 0 Å². The SMILES string of the molecule is C[Si](C)(C)C1([Si](C)(C)C)c2cc(N(c3ccccc3)c3ccccc3-c3ccccc3)ccc2-c2ccc3cc(N(c4ccccc4)c4ccccc4-c4ccccc4)ccc3c21. The molecule has 1 aliphatic rings. The van der Waals surface area contributed by atoms with Crippen molar-refractivity contribution in [3.05, 3.63) is 230 Å². The molecular formula is C59H54N2Si2. The lowest BCUT2D eigenvalue weighted by Gasteiger charge is -2.51. The van der Waals surface area contributed by atoms with Crippen LogP contribution < -0.4 is 9.80 Å². The van der Waals surface area contributed by atoms with Crippen molar-refractivity contribution in [1.29, 1.82) is 0 Å². The standard InChI is InChI=1S/C59H54N2Si2/c1-62(2,3)59(63(4,5)6)55-42-49(61(47-29-17-10-18-30-47)57-34-22-20-32-51(57)44-25-13-8-14-26-44)37-40-53(55)54-38-35-45-41-48(36-39-52(45)58(54)59)60(46-27-15-9-16-28-46)56-33-21-19-31-50(56)43-23-11-7-12-24-43/h7-42H,1-6H3. The maximum atomic E-state index is 2.63. The second-order valence-electron chi connectivity index (χ2n) is 19.0. The number of hydrogen-bond acceptors (Lipinski definition) is 2. The van der Waals surface area contributed by atoms with E-state index in [0.29, 0.717) is 0 Å². The molecule has 0 saturated carbocycles. The topological polar surface area (TPSA) is 6.48 Å². The summed E-state index contributed by atoms with van der Waals surface area (Å²) in [4.78, 5) is 4.92. The molecule has 10 rings (SSSR count). The van der Waals surface area contributed by atoms with E-state index in [4.69, 9.17) is 0 Å². The highest BCUT2D eigenvalue weighted by Crippen LogP contribution is 2.61. The molecule has 0 N–H and O–H groups in total. The molecule has 0 unspecified atom stereocenters. The second-order valence-corrected chi connectivity index (χ2v) is 30.0. The Morgan fingerprint density at radius 2 is 0.746 bits per heavy atom. The third-order valence-corrected chi connectivity index (χ3v) is 23.4. The van der Waals surface area contributed by atoms with Crippen molar-refractivity contribution in [3.63, 3.8) is 0 Å². The van der Waals surface area contributed by atoms with E-state index < -0.39 is 16.1 Å². The third kappa shape index (κ3) is 6.77. The minimum absolute atomic E-state index is 0.0813. The van der Waals surface area contributed by atoms with Gasteiger partial charge in [-0.05, 0) is 105 Å². The van der Waals surface area contributed by atoms with E-state index in [1.54, 1.807) is 5.56 Å². The number of para-hydroxylation sites is 4. The predicted octanol–water partition coefficient (Wildman–Crippen LogP) is 17.1. The van der Waals surface area contributed by atoms with Crippen molar-refractivity contribution < 1.29 is 0 Å². The van der Waals surface area contributed by atoms with Crippen molar-refractivity contribution in [1.82, 2.24) is 0 Å². The summed E-state index contributed by atoms with van der Waals surface area (Å²) in [5.41, 5.74) is 17.6. The van der Waals surface area contributed by atoms with Gasteiger partial charge in [-0.25, -0.2) is 0 Å². The smallest absolute Gasteiger partial charge is 0.0579 e. The first-order chi connectivity index (χ1) is 30.6. The van der Waals surface area contributed by atoms with Crippen LogP contribution >= 0.6 is 0 Å². The van der Waals surface area contributed by atoms with Crippen molar-refractivity contribution in [3.8, 4) is 33.4 Å². The largest absolute Gasteiger partial charge is 0.310 e. The second kappa shape index (κ2) is 15.9. The van der Waals surface area contributed by atoms with E-state index in [9.17, 15) is 0 Å². The van der Waals surface area contributed by atoms with Gasteiger partial charge in [0.2, 0.25) is 0 Å². The maximum absolute atomic E-state index is 2.63. The number of benzene rings is 9. The van der Waals surface area contributed by atoms with E-state index in [1.807, 2.05) is 0 Å². The van der Waals surface area contributed by atoms with E-state index >= 15 is 0 Å². The number of rotatable bonds is 10. The quantitative estimate of drug-likeness (QED) is 0.127. The molecule has 0 radical (unpaired) electrons. The van der Waals surface area contributed by atoms with Gasteiger partial charge < -0.3 is 9.80 Å². The van der Waals surface area contributed by atoms with Gasteiger partial charge >= 0.3 is 0 Å². The lowest BCUT2D eigenvalue weighted by atomic mass is 9.97. The van der Waals surface area contributed by atoms with Gasteiger partial charge in [0.05, 0.1) is 27.5 Å². The van der Waals surface area contributed by atoms with Crippen LogP contribution in [0.25, 0.3) is 44.2 Å². The van der Waals surface area contributed by atoms with Gasteiger partial charge in [-0.15, -0.1) is 0 Å². The summed E-state index contributed by atoms with van der Waals surface area (Å²) in [5.74, 6) is 0. The summed E-state index contributed by atoms with van der Waals surface area (Å²) >= 11 is 0. The summed E-state index contributed by atoms with van der Waals surface area (Å²) in [6.07, 6.45) is 0. The Kier molecular flexibility index (Phi) is 10.2. The summed E-state index contributed by atoms with van der Waals surface area (Å²) in [6.45, 7) is 15.8. The van der Waals surface area contributed by atoms with Gasteiger partial charge in [0.25, 0.3) is 0 Å². The van der Waals surface area contributed by atoms with Gasteiger partial charge in [-0.3, -0.25) is 0 Å². The highest BCUT2D eigenvalue weighted by atomic mass is 28.4. The first-order valence-corrected chi connectivity index (χ1v) is 29.3. The van der Waals surface area contributed by atoms with E-state index in [2.05, 4.69) is 267 Å². The van der Waals surface area contributed by atoms with Gasteiger partial charge in [-0.1, -0.05) is 197 Å². The molecule has 63 heavy (non-hydrogen) atoms. The van der Waals surface area contributed by atoms with Gasteiger partial charge in [0.1, 0.15) is 0 Å². The lowest BCUT2D eigenvalue weighted by molar-refractivity contribution is 0.961. The monoisotopic (exact) mass is 846 g/mol. The molecule has 0 fully saturated rings. The fourth-order valence-corrected chi connectivity index (χ4v) is 24.3. The number of hydrogen-bond donors (Lipinski definition) is 0. The third-order valence-electron chi connectivity index (χ3n) is 13.3. The average molecular weight is 847 g/mol. The molecule has 0 bridgehead atoms. The van der Waals surface area contributed by atoms with Gasteiger partial charge in [0, 0.05) is 38.5 Å². The zero-order valence-corrected chi connectivity index (χ0v) is 39.2. The van der Waals surface area contributed by atoms with Crippen LogP contribution in [-0.2, 0) is 4.66 Å². The highest BCUT2D eigenvalue weighted by Gasteiger charge is 2.60. The average Bonchev–Trinajstić information content (AvgIpc) is 3.63. The van der Waals surface area contributed by atoms with Crippen molar-refractivity contribution in [2.75, 3.05) is 9.80 Å². The van der Waals surface area contributed by atoms with Crippen LogP contribution in [0.4, 0.5) is 34.1 Å². The van der Waals surface area contributed by atoms with E-state index in [1.165, 1.54) is 61.1 Å². The first-order valence-electron chi connectivity index (χ1n) is 22.3. The lowest BCUT2D eigenvalue weighted by Crippen LogP contribution is -2.63. The molecule has 0 atom stereocenters. The Morgan fingerprint density at radius 3 is 1.24 bits per heavy atom. The fourth-order valence-electron chi connectivity index (χ4n) is 11.2. The van der Waals surface area contributed by atoms with Gasteiger partial charge in [0.15, 0.2) is 0 Å².